The van der Waals surface area contributed by atoms with E-state index in [2.05, 4.69) is 9.97 Å². The van der Waals surface area contributed by atoms with Crippen LogP contribution in [0.1, 0.15) is 10.4 Å². The van der Waals surface area contributed by atoms with Crippen molar-refractivity contribution in [3.05, 3.63) is 48.2 Å². The smallest absolute Gasteiger partial charge is 0.266 e. The molecule has 4 rings (SSSR count). The Labute approximate surface area is 137 Å². The number of amides is 1. The molecule has 1 aliphatic rings. The molecule has 0 bridgehead atoms. The molecule has 0 radical (unpaired) electrons. The van der Waals surface area contributed by atoms with Gasteiger partial charge in [-0.05, 0) is 18.2 Å². The van der Waals surface area contributed by atoms with Crippen molar-refractivity contribution in [1.82, 2.24) is 9.97 Å². The van der Waals surface area contributed by atoms with Gasteiger partial charge in [0.15, 0.2) is 24.0 Å². The highest BCUT2D eigenvalue weighted by molar-refractivity contribution is 6.12. The number of ketones is 1. The first-order chi connectivity index (χ1) is 11.6. The molecule has 1 aromatic carbocycles. The van der Waals surface area contributed by atoms with Crippen LogP contribution >= 0.6 is 0 Å². The molecule has 3 heterocycles. The van der Waals surface area contributed by atoms with Crippen LogP contribution in [0.5, 0.6) is 5.75 Å². The molecule has 0 unspecified atom stereocenters. The molecule has 2 aromatic heterocycles. The molecule has 0 spiro atoms. The number of H-pyrrole nitrogens is 1. The van der Waals surface area contributed by atoms with E-state index >= 15 is 0 Å². The second kappa shape index (κ2) is 5.38. The maximum absolute atomic E-state index is 12.7. The minimum Gasteiger partial charge on any atom is -0.480 e. The number of rotatable bonds is 3. The fourth-order valence-electron chi connectivity index (χ4n) is 2.79. The van der Waals surface area contributed by atoms with Gasteiger partial charge in [-0.3, -0.25) is 14.5 Å². The van der Waals surface area contributed by atoms with E-state index < -0.39 is 0 Å². The summed E-state index contributed by atoms with van der Waals surface area (Å²) >= 11 is 0. The summed E-state index contributed by atoms with van der Waals surface area (Å²) in [6, 6.07) is 10.8. The number of fused-ring (bicyclic) bond motifs is 2. The molecule has 0 fully saturated rings. The molecule has 0 saturated heterocycles. The Morgan fingerprint density at radius 2 is 2.12 bits per heavy atom. The largest absolute Gasteiger partial charge is 0.480 e. The summed E-state index contributed by atoms with van der Waals surface area (Å²) in [6.07, 6.45) is 1.66. The van der Waals surface area contributed by atoms with Gasteiger partial charge in [-0.2, -0.15) is 0 Å². The predicted molar refractivity (Wildman–Crippen MR) is 89.1 cm³/mol. The van der Waals surface area contributed by atoms with Gasteiger partial charge in [0, 0.05) is 22.7 Å². The zero-order chi connectivity index (χ0) is 16.7. The number of nitrogens with one attached hydrogen (secondary N) is 1. The van der Waals surface area contributed by atoms with Crippen molar-refractivity contribution in [1.29, 1.82) is 0 Å². The zero-order valence-corrected chi connectivity index (χ0v) is 12.7. The normalized spacial score (nSPS) is 13.7. The number of benzene rings is 1. The lowest BCUT2D eigenvalue weighted by atomic mass is 10.1. The lowest BCUT2D eigenvalue weighted by Crippen LogP contribution is -2.42. The number of anilines is 2. The highest BCUT2D eigenvalue weighted by Gasteiger charge is 2.29. The second-order valence-corrected chi connectivity index (χ2v) is 5.50. The number of nitrogen functional groups attached to an aromatic ring is 1. The van der Waals surface area contributed by atoms with Crippen LogP contribution in [0.4, 0.5) is 11.6 Å². The number of carbonyl (C=O) groups excluding carboxylic acids is 2. The van der Waals surface area contributed by atoms with Gasteiger partial charge in [0.2, 0.25) is 0 Å². The zero-order valence-electron chi connectivity index (χ0n) is 12.7. The molecule has 3 N–H and O–H groups in total. The monoisotopic (exact) mass is 322 g/mol. The first-order valence-electron chi connectivity index (χ1n) is 7.42. The summed E-state index contributed by atoms with van der Waals surface area (Å²) in [6.45, 7) is -0.243. The van der Waals surface area contributed by atoms with Crippen molar-refractivity contribution in [2.75, 3.05) is 23.8 Å². The van der Waals surface area contributed by atoms with Gasteiger partial charge in [-0.1, -0.05) is 18.2 Å². The second-order valence-electron chi connectivity index (χ2n) is 5.50. The Bertz CT molecular complexity index is 963. The van der Waals surface area contributed by atoms with Crippen LogP contribution in [0.15, 0.2) is 42.6 Å². The lowest BCUT2D eigenvalue weighted by molar-refractivity contribution is -0.121. The number of aromatic amines is 1. The number of ether oxygens (including phenoxy) is 1. The fourth-order valence-corrected chi connectivity index (χ4v) is 2.79. The van der Waals surface area contributed by atoms with Crippen molar-refractivity contribution in [2.45, 2.75) is 0 Å². The Balaban J connectivity index is 1.69. The summed E-state index contributed by atoms with van der Waals surface area (Å²) in [5, 5.41) is 0.823. The summed E-state index contributed by atoms with van der Waals surface area (Å²) in [5.74, 6) is 0.471. The molecule has 120 valence electrons. The minimum absolute atomic E-state index is 0.118. The third kappa shape index (κ3) is 2.26. The summed E-state index contributed by atoms with van der Waals surface area (Å²) < 4.78 is 5.34. The van der Waals surface area contributed by atoms with E-state index in [0.717, 1.165) is 10.9 Å². The molecule has 1 aliphatic heterocycles. The quantitative estimate of drug-likeness (QED) is 0.715. The maximum atomic E-state index is 12.7. The summed E-state index contributed by atoms with van der Waals surface area (Å²) in [7, 11) is 0. The van der Waals surface area contributed by atoms with E-state index in [9.17, 15) is 9.59 Å². The number of nitrogens with zero attached hydrogens (tertiary/aromatic N) is 2. The molecule has 0 aliphatic carbocycles. The average Bonchev–Trinajstić information content (AvgIpc) is 3.01. The maximum Gasteiger partial charge on any atom is 0.266 e. The van der Waals surface area contributed by atoms with Crippen molar-refractivity contribution < 1.29 is 14.3 Å². The first kappa shape index (κ1) is 14.3. The lowest BCUT2D eigenvalue weighted by Gasteiger charge is -2.27. The Morgan fingerprint density at radius 3 is 3.00 bits per heavy atom. The van der Waals surface area contributed by atoms with Gasteiger partial charge in [-0.15, -0.1) is 0 Å². The Morgan fingerprint density at radius 1 is 1.29 bits per heavy atom. The molecule has 7 nitrogen and oxygen atoms in total. The average molecular weight is 322 g/mol. The van der Waals surface area contributed by atoms with Crippen molar-refractivity contribution in [3.8, 4) is 5.75 Å². The van der Waals surface area contributed by atoms with E-state index in [1.807, 2.05) is 24.3 Å². The minimum atomic E-state index is -0.325. The third-order valence-electron chi connectivity index (χ3n) is 3.96. The van der Waals surface area contributed by atoms with E-state index in [0.29, 0.717) is 11.3 Å². The number of hydrogen-bond acceptors (Lipinski definition) is 5. The number of para-hydroxylation sites is 1. The van der Waals surface area contributed by atoms with Crippen LogP contribution in [0, 0.1) is 0 Å². The molecule has 7 heteroatoms. The molecule has 3 aromatic rings. The van der Waals surface area contributed by atoms with Crippen LogP contribution in [0.25, 0.3) is 10.9 Å². The number of pyridine rings is 1. The number of aromatic nitrogens is 2. The fraction of sp³-hybridized carbons (Fsp3) is 0.118. The van der Waals surface area contributed by atoms with Crippen LogP contribution in [-0.4, -0.2) is 34.8 Å². The van der Waals surface area contributed by atoms with E-state index in [-0.39, 0.29) is 36.5 Å². The van der Waals surface area contributed by atoms with E-state index in [1.54, 1.807) is 18.3 Å². The molecular formula is C17H14N4O3. The topological polar surface area (TPSA) is 101 Å². The molecule has 0 atom stereocenters. The summed E-state index contributed by atoms with van der Waals surface area (Å²) in [4.78, 5) is 33.4. The Kier molecular flexibility index (Phi) is 3.19. The van der Waals surface area contributed by atoms with Crippen molar-refractivity contribution in [2.24, 2.45) is 0 Å². The third-order valence-corrected chi connectivity index (χ3v) is 3.96. The number of nitrogens with two attached hydrogens (primary N) is 1. The van der Waals surface area contributed by atoms with Gasteiger partial charge >= 0.3 is 0 Å². The predicted octanol–water partition coefficient (Wildman–Crippen LogP) is 1.75. The standard InChI is InChI=1S/C17H14N4O3/c18-15-6-5-14-17(20-15)21(16(23)9-24-14)8-13(22)11-7-19-12-4-2-1-3-10(11)12/h1-7,19H,8-9H2,(H2,18,20). The van der Waals surface area contributed by atoms with Gasteiger partial charge in [-0.25, -0.2) is 4.98 Å². The first-order valence-corrected chi connectivity index (χ1v) is 7.42. The molecule has 24 heavy (non-hydrogen) atoms. The Hall–Kier alpha value is -3.35. The SMILES string of the molecule is Nc1ccc2c(n1)N(CC(=O)c1c[nH]c3ccccc13)C(=O)CO2. The molecular weight excluding hydrogens is 308 g/mol. The van der Waals surface area contributed by atoms with E-state index in [1.165, 1.54) is 4.90 Å². The van der Waals surface area contributed by atoms with E-state index in [4.69, 9.17) is 10.5 Å². The van der Waals surface area contributed by atoms with Gasteiger partial charge in [0.25, 0.3) is 5.91 Å². The van der Waals surface area contributed by atoms with Crippen molar-refractivity contribution >= 4 is 34.2 Å². The van der Waals surface area contributed by atoms with Crippen LogP contribution in [0.2, 0.25) is 0 Å². The van der Waals surface area contributed by atoms with Crippen LogP contribution in [0.3, 0.4) is 0 Å². The highest BCUT2D eigenvalue weighted by Crippen LogP contribution is 2.31. The van der Waals surface area contributed by atoms with Gasteiger partial charge in [0.05, 0.1) is 6.54 Å². The van der Waals surface area contributed by atoms with Gasteiger partial charge in [0.1, 0.15) is 5.82 Å². The van der Waals surface area contributed by atoms with Crippen LogP contribution in [-0.2, 0) is 4.79 Å². The number of Topliss-reactive ketones (excluding diaryl/α,β-unsaturated/α-hetero) is 1. The highest BCUT2D eigenvalue weighted by atomic mass is 16.5. The number of hydrogen-bond donors (Lipinski definition) is 2. The number of carbonyl (C=O) groups is 2. The molecule has 1 amide bonds. The summed E-state index contributed by atoms with van der Waals surface area (Å²) in [5.41, 5.74) is 7.10. The molecule has 0 saturated carbocycles. The van der Waals surface area contributed by atoms with Gasteiger partial charge < -0.3 is 15.5 Å². The van der Waals surface area contributed by atoms with Crippen molar-refractivity contribution in [3.63, 3.8) is 0 Å². The van der Waals surface area contributed by atoms with Crippen LogP contribution < -0.4 is 15.4 Å².